The van der Waals surface area contributed by atoms with Crippen LogP contribution in [0.4, 0.5) is 0 Å². The Morgan fingerprint density at radius 1 is 0.913 bits per heavy atom. The maximum Gasteiger partial charge on any atom is 0.223 e. The second kappa shape index (κ2) is 15.7. The Balaban J connectivity index is 1.79. The van der Waals surface area contributed by atoms with Crippen LogP contribution in [0.3, 0.4) is 0 Å². The summed E-state index contributed by atoms with van der Waals surface area (Å²) in [4.78, 5) is 16.2. The van der Waals surface area contributed by atoms with Crippen molar-refractivity contribution < 1.29 is 28.9 Å². The molecular weight excluding hydrogens is 582 g/mol. The van der Waals surface area contributed by atoms with Gasteiger partial charge in [0.15, 0.2) is 23.0 Å². The molecule has 0 bridgehead atoms. The topological polar surface area (TPSA) is 92.7 Å². The number of hydrogen-bond donors (Lipinski definition) is 2. The zero-order valence-corrected chi connectivity index (χ0v) is 30.2. The lowest BCUT2D eigenvalue weighted by Crippen LogP contribution is -2.61. The SMILES string of the molecule is COc1ccc(CCN(C)CCCC(CNC(=O)C2CC(C)(C)N(O)C(C)(C)C2)(c2ccc(OC)c(OC)c2)C(C)C)cc1OC. The lowest BCUT2D eigenvalue weighted by atomic mass is 9.68. The van der Waals surface area contributed by atoms with E-state index < -0.39 is 11.1 Å². The van der Waals surface area contributed by atoms with Gasteiger partial charge in [0, 0.05) is 35.5 Å². The van der Waals surface area contributed by atoms with Gasteiger partial charge < -0.3 is 34.4 Å². The molecule has 1 heterocycles. The van der Waals surface area contributed by atoms with E-state index in [1.54, 1.807) is 28.4 Å². The third-order valence-electron chi connectivity index (χ3n) is 10.0. The number of hydrogen-bond acceptors (Lipinski definition) is 8. The predicted octanol–water partition coefficient (Wildman–Crippen LogP) is 6.34. The van der Waals surface area contributed by atoms with Gasteiger partial charge in [-0.3, -0.25) is 4.79 Å². The summed E-state index contributed by atoms with van der Waals surface area (Å²) < 4.78 is 22.1. The van der Waals surface area contributed by atoms with Crippen LogP contribution in [0.5, 0.6) is 23.0 Å². The van der Waals surface area contributed by atoms with Crippen molar-refractivity contribution in [3.63, 3.8) is 0 Å². The first-order valence-corrected chi connectivity index (χ1v) is 16.5. The number of carbonyl (C=O) groups is 1. The van der Waals surface area contributed by atoms with Crippen molar-refractivity contribution >= 4 is 5.91 Å². The highest BCUT2D eigenvalue weighted by Gasteiger charge is 2.47. The summed E-state index contributed by atoms with van der Waals surface area (Å²) in [7, 11) is 8.77. The molecule has 1 atom stereocenters. The molecule has 3 rings (SSSR count). The zero-order valence-electron chi connectivity index (χ0n) is 30.2. The standard InChI is InChI=1S/C37H59N3O6/c1-26(2)37(29-14-16-31(44-9)33(22-29)46-11,25-38-34(41)28-23-35(3,4)40(42)36(5,6)24-28)18-12-19-39(7)20-17-27-13-15-30(43-8)32(21-27)45-10/h13-16,21-22,26,28,42H,12,17-20,23-25H2,1-11H3,(H,38,41). The molecule has 9 heteroatoms. The molecule has 0 aliphatic carbocycles. The maximum absolute atomic E-state index is 13.8. The van der Waals surface area contributed by atoms with Gasteiger partial charge >= 0.3 is 0 Å². The van der Waals surface area contributed by atoms with E-state index in [0.717, 1.165) is 49.4 Å². The van der Waals surface area contributed by atoms with Crippen LogP contribution in [0, 0.1) is 11.8 Å². The first kappa shape index (κ1) is 37.4. The van der Waals surface area contributed by atoms with Gasteiger partial charge in [0.05, 0.1) is 28.4 Å². The number of nitrogens with zero attached hydrogens (tertiary/aromatic N) is 2. The number of carbonyl (C=O) groups excluding carboxylic acids is 1. The Morgan fingerprint density at radius 3 is 2.00 bits per heavy atom. The van der Waals surface area contributed by atoms with Crippen LogP contribution in [-0.2, 0) is 16.6 Å². The Kier molecular flexibility index (Phi) is 12.8. The molecule has 0 aromatic heterocycles. The van der Waals surface area contributed by atoms with Gasteiger partial charge in [0.25, 0.3) is 0 Å². The van der Waals surface area contributed by atoms with Crippen molar-refractivity contribution in [1.82, 2.24) is 15.3 Å². The molecule has 2 N–H and O–H groups in total. The van der Waals surface area contributed by atoms with E-state index in [1.165, 1.54) is 10.6 Å². The van der Waals surface area contributed by atoms with Crippen LogP contribution < -0.4 is 24.3 Å². The number of benzene rings is 2. The number of hydroxylamine groups is 2. The third-order valence-corrected chi connectivity index (χ3v) is 10.0. The Hall–Kier alpha value is -3.01. The van der Waals surface area contributed by atoms with E-state index in [9.17, 15) is 10.0 Å². The zero-order chi connectivity index (χ0) is 34.3. The highest BCUT2D eigenvalue weighted by molar-refractivity contribution is 5.79. The van der Waals surface area contributed by atoms with Gasteiger partial charge in [-0.2, -0.15) is 5.06 Å². The van der Waals surface area contributed by atoms with Gasteiger partial charge in [0.1, 0.15) is 0 Å². The second-order valence-corrected chi connectivity index (χ2v) is 14.5. The van der Waals surface area contributed by atoms with E-state index >= 15 is 0 Å². The highest BCUT2D eigenvalue weighted by Crippen LogP contribution is 2.42. The number of nitrogens with one attached hydrogen (secondary N) is 1. The minimum atomic E-state index is -0.496. The quantitative estimate of drug-likeness (QED) is 0.219. The number of methoxy groups -OCH3 is 4. The van der Waals surface area contributed by atoms with Gasteiger partial charge in [-0.15, -0.1) is 0 Å². The molecule has 1 unspecified atom stereocenters. The summed E-state index contributed by atoms with van der Waals surface area (Å²) in [5.74, 6) is 2.94. The molecule has 46 heavy (non-hydrogen) atoms. The first-order valence-electron chi connectivity index (χ1n) is 16.5. The van der Waals surface area contributed by atoms with Crippen molar-refractivity contribution in [3.05, 3.63) is 47.5 Å². The molecule has 2 aromatic carbocycles. The molecule has 0 spiro atoms. The van der Waals surface area contributed by atoms with Crippen LogP contribution in [0.15, 0.2) is 36.4 Å². The minimum Gasteiger partial charge on any atom is -0.493 e. The maximum atomic E-state index is 13.8. The summed E-state index contributed by atoms with van der Waals surface area (Å²) >= 11 is 0. The molecule has 258 valence electrons. The van der Waals surface area contributed by atoms with Crippen molar-refractivity contribution in [2.75, 3.05) is 55.1 Å². The monoisotopic (exact) mass is 641 g/mol. The number of likely N-dealkylation sites (N-methyl/N-ethyl adjacent to an activating group) is 1. The molecule has 1 aliphatic rings. The fraction of sp³-hybridized carbons (Fsp3) is 0.649. The van der Waals surface area contributed by atoms with Gasteiger partial charge in [-0.1, -0.05) is 26.0 Å². The van der Waals surface area contributed by atoms with Gasteiger partial charge in [-0.25, -0.2) is 0 Å². The largest absolute Gasteiger partial charge is 0.493 e. The van der Waals surface area contributed by atoms with E-state index in [2.05, 4.69) is 49.3 Å². The normalized spacial score (nSPS) is 17.9. The molecule has 1 amide bonds. The molecule has 2 aromatic rings. The van der Waals surface area contributed by atoms with Crippen LogP contribution in [0.25, 0.3) is 0 Å². The third kappa shape index (κ3) is 8.66. The van der Waals surface area contributed by atoms with Crippen molar-refractivity contribution in [2.45, 2.75) is 90.1 Å². The average molecular weight is 642 g/mol. The smallest absolute Gasteiger partial charge is 0.223 e. The van der Waals surface area contributed by atoms with E-state index in [0.29, 0.717) is 30.9 Å². The lowest BCUT2D eigenvalue weighted by Gasteiger charge is -2.51. The fourth-order valence-corrected chi connectivity index (χ4v) is 7.28. The Morgan fingerprint density at radius 2 is 1.46 bits per heavy atom. The van der Waals surface area contributed by atoms with Crippen LogP contribution in [0.1, 0.15) is 78.4 Å². The van der Waals surface area contributed by atoms with E-state index in [1.807, 2.05) is 45.9 Å². The van der Waals surface area contributed by atoms with Gasteiger partial charge in [-0.05, 0) is 115 Å². The number of ether oxygens (including phenoxy) is 4. The summed E-state index contributed by atoms with van der Waals surface area (Å²) in [5, 5.41) is 15.6. The van der Waals surface area contributed by atoms with E-state index in [-0.39, 0.29) is 23.2 Å². The molecule has 1 aliphatic heterocycles. The van der Waals surface area contributed by atoms with Crippen molar-refractivity contribution in [3.8, 4) is 23.0 Å². The molecule has 1 saturated heterocycles. The highest BCUT2D eigenvalue weighted by atomic mass is 16.5. The van der Waals surface area contributed by atoms with Gasteiger partial charge in [0.2, 0.25) is 5.91 Å². The van der Waals surface area contributed by atoms with Crippen molar-refractivity contribution in [1.29, 1.82) is 0 Å². The van der Waals surface area contributed by atoms with Crippen molar-refractivity contribution in [2.24, 2.45) is 11.8 Å². The summed E-state index contributed by atoms with van der Waals surface area (Å²) in [6.45, 7) is 14.8. The summed E-state index contributed by atoms with van der Waals surface area (Å²) in [5.41, 5.74) is 1.00. The number of amides is 1. The molecule has 0 radical (unpaired) electrons. The average Bonchev–Trinajstić information content (AvgIpc) is 3.02. The Bertz CT molecular complexity index is 1280. The predicted molar refractivity (Wildman–Crippen MR) is 184 cm³/mol. The second-order valence-electron chi connectivity index (χ2n) is 14.5. The first-order chi connectivity index (χ1) is 21.6. The number of piperidine rings is 1. The number of rotatable bonds is 16. The summed E-state index contributed by atoms with van der Waals surface area (Å²) in [6, 6.07) is 12.2. The van der Waals surface area contributed by atoms with Crippen LogP contribution in [-0.4, -0.2) is 87.3 Å². The molecule has 0 saturated carbocycles. The van der Waals surface area contributed by atoms with Crippen LogP contribution in [0.2, 0.25) is 0 Å². The van der Waals surface area contributed by atoms with Crippen LogP contribution >= 0.6 is 0 Å². The molecular formula is C37H59N3O6. The fourth-order valence-electron chi connectivity index (χ4n) is 7.28. The Labute approximate surface area is 277 Å². The van der Waals surface area contributed by atoms with E-state index in [4.69, 9.17) is 18.9 Å². The lowest BCUT2D eigenvalue weighted by molar-refractivity contribution is -0.249. The molecule has 1 fully saturated rings. The summed E-state index contributed by atoms with van der Waals surface area (Å²) in [6.07, 6.45) is 3.92. The molecule has 9 nitrogen and oxygen atoms in total. The minimum absolute atomic E-state index is 0.0480.